The Hall–Kier alpha value is -3.09. The van der Waals surface area contributed by atoms with Gasteiger partial charge in [-0.1, -0.05) is 48.6 Å². The van der Waals surface area contributed by atoms with Crippen molar-refractivity contribution in [1.82, 2.24) is 10.2 Å². The molecule has 2 heterocycles. The van der Waals surface area contributed by atoms with Gasteiger partial charge in [0.25, 0.3) is 0 Å². The minimum atomic E-state index is -1.36. The van der Waals surface area contributed by atoms with Gasteiger partial charge in [-0.3, -0.25) is 9.69 Å². The summed E-state index contributed by atoms with van der Waals surface area (Å²) in [6.45, 7) is 2.08. The fourth-order valence-electron chi connectivity index (χ4n) is 8.60. The third-order valence-corrected chi connectivity index (χ3v) is 10.3. The second-order valence-corrected chi connectivity index (χ2v) is 12.1. The van der Waals surface area contributed by atoms with Crippen LogP contribution >= 0.6 is 0 Å². The van der Waals surface area contributed by atoms with E-state index in [4.69, 9.17) is 4.74 Å². The summed E-state index contributed by atoms with van der Waals surface area (Å²) in [4.78, 5) is 15.8. The summed E-state index contributed by atoms with van der Waals surface area (Å²) in [5, 5.41) is 26.3. The standard InChI is InChI=1S/C31H32N2O4/c34-22-10-9-21-16-24-29-12-13-31(36,23(17-29)32-25(35)11-8-19-4-2-1-3-5-19)28-30(29,26(21)27(22)37-28)14-15-33(24)18-20-6-7-20/h1-5,8-13,20,23-24,28,34,36H,6-7,14-18H2,(H,32,35)/t23-,24+,28+,29+,30-,31-/m0/s1. The molecule has 1 amide bonds. The number of benzene rings is 2. The summed E-state index contributed by atoms with van der Waals surface area (Å²) in [6.07, 6.45) is 12.0. The molecular weight excluding hydrogens is 464 g/mol. The lowest BCUT2D eigenvalue weighted by molar-refractivity contribution is -0.193. The highest BCUT2D eigenvalue weighted by Gasteiger charge is 2.79. The summed E-state index contributed by atoms with van der Waals surface area (Å²) in [7, 11) is 0. The van der Waals surface area contributed by atoms with Gasteiger partial charge >= 0.3 is 0 Å². The van der Waals surface area contributed by atoms with Gasteiger partial charge in [0.1, 0.15) is 11.7 Å². The molecule has 5 aliphatic carbocycles. The molecule has 1 saturated heterocycles. The van der Waals surface area contributed by atoms with Crippen molar-refractivity contribution in [1.29, 1.82) is 0 Å². The van der Waals surface area contributed by atoms with Crippen LogP contribution in [-0.2, 0) is 16.6 Å². The van der Waals surface area contributed by atoms with Gasteiger partial charge in [0.05, 0.1) is 11.5 Å². The van der Waals surface area contributed by atoms with Crippen LogP contribution in [0.25, 0.3) is 6.08 Å². The van der Waals surface area contributed by atoms with Crippen molar-refractivity contribution < 1.29 is 19.7 Å². The first kappa shape index (κ1) is 21.9. The third kappa shape index (κ3) is 2.75. The topological polar surface area (TPSA) is 82.0 Å². The molecule has 2 aliphatic heterocycles. The summed E-state index contributed by atoms with van der Waals surface area (Å²) in [6, 6.07) is 13.3. The highest BCUT2D eigenvalue weighted by molar-refractivity contribution is 5.92. The van der Waals surface area contributed by atoms with Crippen LogP contribution in [0.1, 0.15) is 42.4 Å². The molecule has 3 fully saturated rings. The molecule has 6 nitrogen and oxygen atoms in total. The number of aromatic hydroxyl groups is 1. The summed E-state index contributed by atoms with van der Waals surface area (Å²) < 4.78 is 6.57. The number of carbonyl (C=O) groups is 1. The molecule has 0 radical (unpaired) electrons. The zero-order valence-electron chi connectivity index (χ0n) is 20.8. The number of amides is 1. The first-order valence-corrected chi connectivity index (χ1v) is 13.7. The highest BCUT2D eigenvalue weighted by Crippen LogP contribution is 2.73. The van der Waals surface area contributed by atoms with E-state index in [0.29, 0.717) is 12.2 Å². The number of nitrogens with one attached hydrogen (secondary N) is 1. The Balaban J connectivity index is 1.21. The van der Waals surface area contributed by atoms with Crippen molar-refractivity contribution in [3.8, 4) is 11.5 Å². The minimum Gasteiger partial charge on any atom is -0.504 e. The summed E-state index contributed by atoms with van der Waals surface area (Å²) in [5.41, 5.74) is 1.26. The Morgan fingerprint density at radius 1 is 1.16 bits per heavy atom. The molecule has 0 unspecified atom stereocenters. The van der Waals surface area contributed by atoms with Crippen molar-refractivity contribution in [2.75, 3.05) is 13.1 Å². The Labute approximate surface area is 216 Å². The van der Waals surface area contributed by atoms with Crippen LogP contribution in [0.2, 0.25) is 0 Å². The Morgan fingerprint density at radius 3 is 2.81 bits per heavy atom. The molecule has 6 atom stereocenters. The lowest BCUT2D eigenvalue weighted by atomic mass is 9.38. The molecule has 7 aliphatic rings. The maximum atomic E-state index is 13.1. The van der Waals surface area contributed by atoms with E-state index >= 15 is 0 Å². The van der Waals surface area contributed by atoms with Gasteiger partial charge in [0, 0.05) is 29.6 Å². The van der Waals surface area contributed by atoms with Gasteiger partial charge in [0.15, 0.2) is 11.5 Å². The number of phenolic OH excluding ortho intramolecular Hbond substituents is 1. The van der Waals surface area contributed by atoms with Crippen molar-refractivity contribution >= 4 is 12.0 Å². The molecule has 2 saturated carbocycles. The van der Waals surface area contributed by atoms with E-state index in [1.54, 1.807) is 18.2 Å². The average molecular weight is 497 g/mol. The smallest absolute Gasteiger partial charge is 0.244 e. The third-order valence-electron chi connectivity index (χ3n) is 10.3. The molecule has 6 heteroatoms. The number of likely N-dealkylation sites (tertiary alicyclic amines) is 1. The van der Waals surface area contributed by atoms with Crippen LogP contribution in [-0.4, -0.2) is 57.9 Å². The number of piperidine rings is 1. The molecule has 190 valence electrons. The molecule has 2 aromatic carbocycles. The number of hydrogen-bond donors (Lipinski definition) is 3. The first-order valence-electron chi connectivity index (χ1n) is 13.7. The van der Waals surface area contributed by atoms with Gasteiger partial charge in [0.2, 0.25) is 5.91 Å². The summed E-state index contributed by atoms with van der Waals surface area (Å²) in [5.74, 6) is 1.25. The van der Waals surface area contributed by atoms with Crippen LogP contribution in [0.3, 0.4) is 0 Å². The Morgan fingerprint density at radius 2 is 2.00 bits per heavy atom. The number of ether oxygens (including phenoxy) is 1. The van der Waals surface area contributed by atoms with Gasteiger partial charge in [-0.25, -0.2) is 0 Å². The maximum absolute atomic E-state index is 13.1. The van der Waals surface area contributed by atoms with E-state index < -0.39 is 23.2 Å². The molecule has 9 rings (SSSR count). The predicted molar refractivity (Wildman–Crippen MR) is 139 cm³/mol. The molecule has 3 N–H and O–H groups in total. The van der Waals surface area contributed by atoms with E-state index in [9.17, 15) is 15.0 Å². The minimum absolute atomic E-state index is 0.144. The molecular formula is C31H32N2O4. The van der Waals surface area contributed by atoms with Crippen LogP contribution in [0.5, 0.6) is 11.5 Å². The zero-order chi connectivity index (χ0) is 25.0. The predicted octanol–water partition coefficient (Wildman–Crippen LogP) is 3.32. The molecule has 4 bridgehead atoms. The van der Waals surface area contributed by atoms with E-state index in [-0.39, 0.29) is 23.1 Å². The zero-order valence-corrected chi connectivity index (χ0v) is 20.8. The monoisotopic (exact) mass is 496 g/mol. The number of aliphatic hydroxyl groups is 1. The average Bonchev–Trinajstić information content (AvgIpc) is 3.64. The SMILES string of the molecule is O=C(C=Cc1ccccc1)N[C@H]1C[C@@]23C=C[C@@]1(O)[C@@H]1Oc4c(O)ccc5c4[C@@]12CCN(CC1CC1)[C@@H]3C5. The van der Waals surface area contributed by atoms with Crippen LogP contribution in [0, 0.1) is 11.3 Å². The largest absolute Gasteiger partial charge is 0.504 e. The fourth-order valence-corrected chi connectivity index (χ4v) is 8.60. The number of phenols is 1. The van der Waals surface area contributed by atoms with Crippen molar-refractivity contribution in [3.63, 3.8) is 0 Å². The maximum Gasteiger partial charge on any atom is 0.244 e. The van der Waals surface area contributed by atoms with Crippen molar-refractivity contribution in [2.45, 2.75) is 61.3 Å². The molecule has 37 heavy (non-hydrogen) atoms. The van der Waals surface area contributed by atoms with E-state index in [1.807, 2.05) is 36.4 Å². The van der Waals surface area contributed by atoms with Crippen molar-refractivity contribution in [3.05, 3.63) is 77.4 Å². The van der Waals surface area contributed by atoms with E-state index in [0.717, 1.165) is 43.0 Å². The highest BCUT2D eigenvalue weighted by atomic mass is 16.5. The number of rotatable bonds is 5. The molecule has 2 aromatic rings. The van der Waals surface area contributed by atoms with Crippen LogP contribution < -0.4 is 10.1 Å². The lowest BCUT2D eigenvalue weighted by Gasteiger charge is -2.70. The van der Waals surface area contributed by atoms with Crippen LogP contribution in [0.4, 0.5) is 0 Å². The van der Waals surface area contributed by atoms with Gasteiger partial charge in [-0.2, -0.15) is 0 Å². The van der Waals surface area contributed by atoms with Crippen molar-refractivity contribution in [2.24, 2.45) is 11.3 Å². The quantitative estimate of drug-likeness (QED) is 0.437. The second-order valence-electron chi connectivity index (χ2n) is 12.1. The molecule has 2 spiro atoms. The fraction of sp³-hybridized carbons (Fsp3) is 0.452. The number of hydrogen-bond acceptors (Lipinski definition) is 5. The second kappa shape index (κ2) is 7.27. The molecule has 0 aromatic heterocycles. The number of fused-ring (bicyclic) bond motifs is 1. The number of nitrogens with zero attached hydrogens (tertiary/aromatic N) is 1. The lowest BCUT2D eigenvalue weighted by Crippen LogP contribution is -2.81. The summed E-state index contributed by atoms with van der Waals surface area (Å²) >= 11 is 0. The Bertz CT molecular complexity index is 1370. The van der Waals surface area contributed by atoms with Gasteiger partial charge in [-0.15, -0.1) is 0 Å². The first-order chi connectivity index (χ1) is 17.9. The van der Waals surface area contributed by atoms with E-state index in [1.165, 1.54) is 18.4 Å². The number of carbonyl (C=O) groups excluding carboxylic acids is 1. The van der Waals surface area contributed by atoms with Gasteiger partial charge in [-0.05, 0) is 67.8 Å². The Kier molecular flexibility index (Phi) is 4.31. The van der Waals surface area contributed by atoms with Gasteiger partial charge < -0.3 is 20.3 Å². The normalized spacial score (nSPS) is 38.5. The van der Waals surface area contributed by atoms with E-state index in [2.05, 4.69) is 22.4 Å². The van der Waals surface area contributed by atoms with Crippen LogP contribution in [0.15, 0.2) is 60.7 Å².